The van der Waals surface area contributed by atoms with Gasteiger partial charge in [0.2, 0.25) is 5.91 Å². The van der Waals surface area contributed by atoms with Gasteiger partial charge in [-0.3, -0.25) is 19.3 Å². The lowest BCUT2D eigenvalue weighted by molar-refractivity contribution is -0.142. The van der Waals surface area contributed by atoms with Crippen molar-refractivity contribution in [1.29, 1.82) is 0 Å². The number of pyridine rings is 1. The van der Waals surface area contributed by atoms with Crippen molar-refractivity contribution < 1.29 is 9.59 Å². The minimum absolute atomic E-state index is 0.00632. The largest absolute Gasteiger partial charge is 0.336 e. The van der Waals surface area contributed by atoms with Crippen LogP contribution in [-0.2, 0) is 17.9 Å². The van der Waals surface area contributed by atoms with Crippen LogP contribution in [-0.4, -0.2) is 55.5 Å². The van der Waals surface area contributed by atoms with Crippen molar-refractivity contribution in [3.8, 4) is 0 Å². The maximum atomic E-state index is 13.2. The maximum Gasteiger partial charge on any atom is 0.257 e. The van der Waals surface area contributed by atoms with Gasteiger partial charge in [-0.2, -0.15) is 5.10 Å². The maximum absolute atomic E-state index is 13.2. The lowest BCUT2D eigenvalue weighted by Crippen LogP contribution is -2.53. The quantitative estimate of drug-likeness (QED) is 0.754. The molecule has 2 fully saturated rings. The summed E-state index contributed by atoms with van der Waals surface area (Å²) >= 11 is 0. The smallest absolute Gasteiger partial charge is 0.257 e. The van der Waals surface area contributed by atoms with Crippen molar-refractivity contribution in [3.63, 3.8) is 0 Å². The molecule has 0 radical (unpaired) electrons. The van der Waals surface area contributed by atoms with Crippen LogP contribution in [0.25, 0.3) is 0 Å². The summed E-state index contributed by atoms with van der Waals surface area (Å²) in [6, 6.07) is 3.96. The fraction of sp³-hybridized carbons (Fsp3) is 0.545. The third-order valence-electron chi connectivity index (χ3n) is 6.14. The van der Waals surface area contributed by atoms with Gasteiger partial charge in [-0.25, -0.2) is 0 Å². The van der Waals surface area contributed by atoms with Crippen LogP contribution >= 0.6 is 0 Å². The standard InChI is InChI=1S/C22H29N5O2/c1-2-26-15-19(13-24-26)21(28)25-11-5-9-20(16-25)27(22(29)18-7-3-8-18)14-17-6-4-10-23-12-17/h4,6,10,12-13,15,18,20H,2-3,5,7-9,11,14,16H2,1H3. The summed E-state index contributed by atoms with van der Waals surface area (Å²) in [6.07, 6.45) is 11.9. The molecule has 0 aromatic carbocycles. The monoisotopic (exact) mass is 395 g/mol. The second-order valence-corrected chi connectivity index (χ2v) is 8.09. The molecule has 154 valence electrons. The molecule has 1 unspecified atom stereocenters. The summed E-state index contributed by atoms with van der Waals surface area (Å²) in [4.78, 5) is 34.3. The van der Waals surface area contributed by atoms with Crippen LogP contribution in [0.3, 0.4) is 0 Å². The Labute approximate surface area is 171 Å². The van der Waals surface area contributed by atoms with Crippen LogP contribution in [0.1, 0.15) is 54.9 Å². The van der Waals surface area contributed by atoms with E-state index < -0.39 is 0 Å². The van der Waals surface area contributed by atoms with E-state index in [-0.39, 0.29) is 23.8 Å². The van der Waals surface area contributed by atoms with Crippen LogP contribution in [0, 0.1) is 5.92 Å². The van der Waals surface area contributed by atoms with Crippen LogP contribution in [0.5, 0.6) is 0 Å². The van der Waals surface area contributed by atoms with Crippen LogP contribution in [0.4, 0.5) is 0 Å². The predicted molar refractivity (Wildman–Crippen MR) is 109 cm³/mol. The number of rotatable bonds is 6. The van der Waals surface area contributed by atoms with Crippen molar-refractivity contribution in [2.75, 3.05) is 13.1 Å². The zero-order valence-corrected chi connectivity index (χ0v) is 17.0. The molecule has 0 bridgehead atoms. The Hall–Kier alpha value is -2.70. The molecular weight excluding hydrogens is 366 g/mol. The molecule has 0 N–H and O–H groups in total. The molecule has 2 amide bonds. The van der Waals surface area contributed by atoms with E-state index in [2.05, 4.69) is 10.1 Å². The van der Waals surface area contributed by atoms with Gasteiger partial charge in [0.1, 0.15) is 0 Å². The molecule has 2 aromatic rings. The van der Waals surface area contributed by atoms with Gasteiger partial charge in [0.25, 0.3) is 5.91 Å². The first kappa shape index (κ1) is 19.6. The summed E-state index contributed by atoms with van der Waals surface area (Å²) in [7, 11) is 0. The number of hydrogen-bond acceptors (Lipinski definition) is 4. The molecule has 0 spiro atoms. The molecule has 7 heteroatoms. The van der Waals surface area contributed by atoms with Gasteiger partial charge < -0.3 is 9.80 Å². The first-order valence-electron chi connectivity index (χ1n) is 10.7. The molecule has 1 aliphatic heterocycles. The topological polar surface area (TPSA) is 71.3 Å². The van der Waals surface area contributed by atoms with E-state index in [1.807, 2.05) is 35.1 Å². The van der Waals surface area contributed by atoms with Gasteiger partial charge in [-0.15, -0.1) is 0 Å². The third-order valence-corrected chi connectivity index (χ3v) is 6.14. The van der Waals surface area contributed by atoms with Crippen molar-refractivity contribution in [2.24, 2.45) is 5.92 Å². The van der Waals surface area contributed by atoms with E-state index >= 15 is 0 Å². The number of carbonyl (C=O) groups excluding carboxylic acids is 2. The van der Waals surface area contributed by atoms with E-state index in [4.69, 9.17) is 0 Å². The Balaban J connectivity index is 1.50. The van der Waals surface area contributed by atoms with Gasteiger partial charge in [0, 0.05) is 56.7 Å². The fourth-order valence-electron chi connectivity index (χ4n) is 4.19. The number of hydrogen-bond donors (Lipinski definition) is 0. The number of carbonyl (C=O) groups is 2. The van der Waals surface area contributed by atoms with Gasteiger partial charge in [-0.05, 0) is 44.2 Å². The van der Waals surface area contributed by atoms with E-state index in [1.54, 1.807) is 23.3 Å². The first-order chi connectivity index (χ1) is 14.2. The van der Waals surface area contributed by atoms with Crippen molar-refractivity contribution in [3.05, 3.63) is 48.0 Å². The zero-order chi connectivity index (χ0) is 20.2. The van der Waals surface area contributed by atoms with Gasteiger partial charge in [-0.1, -0.05) is 12.5 Å². The fourth-order valence-corrected chi connectivity index (χ4v) is 4.19. The van der Waals surface area contributed by atoms with Gasteiger partial charge in [0.05, 0.1) is 11.8 Å². The summed E-state index contributed by atoms with van der Waals surface area (Å²) in [5, 5.41) is 4.23. The number of aromatic nitrogens is 3. The van der Waals surface area contributed by atoms with E-state index in [0.29, 0.717) is 18.7 Å². The summed E-state index contributed by atoms with van der Waals surface area (Å²) in [6.45, 7) is 4.61. The summed E-state index contributed by atoms with van der Waals surface area (Å²) in [5.74, 6) is 0.380. The molecule has 29 heavy (non-hydrogen) atoms. The van der Waals surface area contributed by atoms with Gasteiger partial charge >= 0.3 is 0 Å². The Morgan fingerprint density at radius 3 is 2.72 bits per heavy atom. The lowest BCUT2D eigenvalue weighted by atomic mass is 9.83. The van der Waals surface area contributed by atoms with Crippen LogP contribution in [0.15, 0.2) is 36.9 Å². The van der Waals surface area contributed by atoms with Gasteiger partial charge in [0.15, 0.2) is 0 Å². The molecule has 1 saturated heterocycles. The van der Waals surface area contributed by atoms with Crippen molar-refractivity contribution >= 4 is 11.8 Å². The average molecular weight is 396 g/mol. The lowest BCUT2D eigenvalue weighted by Gasteiger charge is -2.42. The number of likely N-dealkylation sites (tertiary alicyclic amines) is 1. The predicted octanol–water partition coefficient (Wildman–Crippen LogP) is 2.73. The highest BCUT2D eigenvalue weighted by Crippen LogP contribution is 2.31. The minimum Gasteiger partial charge on any atom is -0.336 e. The number of aryl methyl sites for hydroxylation is 1. The molecule has 1 saturated carbocycles. The highest BCUT2D eigenvalue weighted by molar-refractivity contribution is 5.93. The van der Waals surface area contributed by atoms with Crippen LogP contribution < -0.4 is 0 Å². The number of amides is 2. The van der Waals surface area contributed by atoms with Crippen molar-refractivity contribution in [2.45, 2.75) is 58.2 Å². The highest BCUT2D eigenvalue weighted by atomic mass is 16.2. The number of piperidine rings is 1. The van der Waals surface area contributed by atoms with E-state index in [1.165, 1.54) is 0 Å². The number of nitrogens with zero attached hydrogens (tertiary/aromatic N) is 5. The second-order valence-electron chi connectivity index (χ2n) is 8.09. The van der Waals surface area contributed by atoms with E-state index in [0.717, 1.165) is 50.8 Å². The highest BCUT2D eigenvalue weighted by Gasteiger charge is 2.36. The first-order valence-corrected chi connectivity index (χ1v) is 10.7. The average Bonchev–Trinajstić information content (AvgIpc) is 3.20. The molecule has 2 aromatic heterocycles. The molecule has 1 atom stereocenters. The Kier molecular flexibility index (Phi) is 5.92. The Morgan fingerprint density at radius 1 is 1.21 bits per heavy atom. The minimum atomic E-state index is 0.00632. The van der Waals surface area contributed by atoms with Crippen LogP contribution in [0.2, 0.25) is 0 Å². The van der Waals surface area contributed by atoms with E-state index in [9.17, 15) is 9.59 Å². The second kappa shape index (κ2) is 8.76. The summed E-state index contributed by atoms with van der Waals surface area (Å²) < 4.78 is 1.77. The molecule has 4 rings (SSSR count). The Bertz CT molecular complexity index is 846. The molecule has 1 aliphatic carbocycles. The third kappa shape index (κ3) is 4.33. The molecule has 3 heterocycles. The zero-order valence-electron chi connectivity index (χ0n) is 17.0. The van der Waals surface area contributed by atoms with Crippen molar-refractivity contribution in [1.82, 2.24) is 24.6 Å². The summed E-state index contributed by atoms with van der Waals surface area (Å²) in [5.41, 5.74) is 1.66. The molecule has 2 aliphatic rings. The molecule has 7 nitrogen and oxygen atoms in total. The SMILES string of the molecule is CCn1cc(C(=O)N2CCCC(N(Cc3cccnc3)C(=O)C3CCC3)C2)cn1. The Morgan fingerprint density at radius 2 is 2.07 bits per heavy atom. The normalized spacial score (nSPS) is 19.6. The molecular formula is C22H29N5O2.